The number of benzene rings is 1. The van der Waals surface area contributed by atoms with Crippen molar-refractivity contribution in [1.82, 2.24) is 15.0 Å². The van der Waals surface area contributed by atoms with Gasteiger partial charge in [0.05, 0.1) is 5.69 Å². The summed E-state index contributed by atoms with van der Waals surface area (Å²) >= 11 is 0. The summed E-state index contributed by atoms with van der Waals surface area (Å²) in [5.41, 5.74) is 8.11. The molecule has 0 saturated carbocycles. The Hall–Kier alpha value is -1.75. The van der Waals surface area contributed by atoms with Crippen LogP contribution in [0.3, 0.4) is 0 Å². The van der Waals surface area contributed by atoms with Gasteiger partial charge in [-0.3, -0.25) is 0 Å². The SMILES string of the molecule is CC(C)n1nnc(CN)c1-c1ccc(F)cc1. The van der Waals surface area contributed by atoms with Crippen LogP contribution in [0.5, 0.6) is 0 Å². The first-order valence-corrected chi connectivity index (χ1v) is 5.53. The molecule has 2 N–H and O–H groups in total. The Bertz CT molecular complexity index is 502. The molecule has 0 unspecified atom stereocenters. The fourth-order valence-corrected chi connectivity index (χ4v) is 1.73. The topological polar surface area (TPSA) is 56.7 Å². The summed E-state index contributed by atoms with van der Waals surface area (Å²) in [6.45, 7) is 4.35. The molecule has 0 aliphatic heterocycles. The predicted molar refractivity (Wildman–Crippen MR) is 63.7 cm³/mol. The lowest BCUT2D eigenvalue weighted by Crippen LogP contribution is -2.06. The van der Waals surface area contributed by atoms with Crippen molar-refractivity contribution in [3.63, 3.8) is 0 Å². The average Bonchev–Trinajstić information content (AvgIpc) is 2.73. The molecule has 2 aromatic rings. The van der Waals surface area contributed by atoms with Crippen molar-refractivity contribution in [3.8, 4) is 11.3 Å². The highest BCUT2D eigenvalue weighted by atomic mass is 19.1. The van der Waals surface area contributed by atoms with E-state index < -0.39 is 0 Å². The van der Waals surface area contributed by atoms with E-state index in [1.807, 2.05) is 13.8 Å². The van der Waals surface area contributed by atoms with Gasteiger partial charge in [-0.15, -0.1) is 5.10 Å². The molecule has 0 aliphatic rings. The number of halogens is 1. The maximum Gasteiger partial charge on any atom is 0.123 e. The second kappa shape index (κ2) is 4.63. The van der Waals surface area contributed by atoms with Gasteiger partial charge in [-0.1, -0.05) is 5.21 Å². The molecule has 1 heterocycles. The highest BCUT2D eigenvalue weighted by Crippen LogP contribution is 2.24. The minimum atomic E-state index is -0.258. The molecule has 0 spiro atoms. The second-order valence-electron chi connectivity index (χ2n) is 4.13. The summed E-state index contributed by atoms with van der Waals surface area (Å²) in [6.07, 6.45) is 0. The Morgan fingerprint density at radius 2 is 1.94 bits per heavy atom. The van der Waals surface area contributed by atoms with Crippen LogP contribution in [0, 0.1) is 5.82 Å². The Morgan fingerprint density at radius 3 is 2.47 bits per heavy atom. The Morgan fingerprint density at radius 1 is 1.29 bits per heavy atom. The summed E-state index contributed by atoms with van der Waals surface area (Å²) in [5, 5.41) is 8.13. The number of aromatic nitrogens is 3. The predicted octanol–water partition coefficient (Wildman–Crippen LogP) is 2.12. The van der Waals surface area contributed by atoms with Gasteiger partial charge in [-0.25, -0.2) is 9.07 Å². The van der Waals surface area contributed by atoms with Crippen molar-refractivity contribution < 1.29 is 4.39 Å². The van der Waals surface area contributed by atoms with Crippen LogP contribution in [0.2, 0.25) is 0 Å². The number of nitrogens with zero attached hydrogens (tertiary/aromatic N) is 3. The zero-order valence-corrected chi connectivity index (χ0v) is 9.89. The van der Waals surface area contributed by atoms with Crippen LogP contribution in [0.25, 0.3) is 11.3 Å². The van der Waals surface area contributed by atoms with Crippen molar-refractivity contribution in [2.24, 2.45) is 5.73 Å². The lowest BCUT2D eigenvalue weighted by atomic mass is 10.1. The number of hydrogen-bond acceptors (Lipinski definition) is 3. The van der Waals surface area contributed by atoms with E-state index in [1.165, 1.54) is 12.1 Å². The standard InChI is InChI=1S/C12H15FN4/c1-8(2)17-12(11(7-14)15-16-17)9-3-5-10(13)6-4-9/h3-6,8H,7,14H2,1-2H3. The molecular weight excluding hydrogens is 219 g/mol. The van der Waals surface area contributed by atoms with Gasteiger partial charge in [0.15, 0.2) is 0 Å². The quantitative estimate of drug-likeness (QED) is 0.885. The van der Waals surface area contributed by atoms with Crippen LogP contribution in [0.1, 0.15) is 25.6 Å². The van der Waals surface area contributed by atoms with Gasteiger partial charge >= 0.3 is 0 Å². The highest BCUT2D eigenvalue weighted by Gasteiger charge is 2.15. The molecule has 0 atom stereocenters. The van der Waals surface area contributed by atoms with Crippen LogP contribution in [0.15, 0.2) is 24.3 Å². The van der Waals surface area contributed by atoms with E-state index in [1.54, 1.807) is 16.8 Å². The Labute approximate surface area is 99.2 Å². The first kappa shape index (κ1) is 11.7. The Kier molecular flexibility index (Phi) is 3.19. The summed E-state index contributed by atoms with van der Waals surface area (Å²) < 4.78 is 14.7. The van der Waals surface area contributed by atoms with Crippen molar-refractivity contribution in [3.05, 3.63) is 35.8 Å². The van der Waals surface area contributed by atoms with Crippen molar-refractivity contribution in [2.75, 3.05) is 0 Å². The summed E-state index contributed by atoms with van der Waals surface area (Å²) in [6, 6.07) is 6.46. The molecule has 2 rings (SSSR count). The summed E-state index contributed by atoms with van der Waals surface area (Å²) in [7, 11) is 0. The van der Waals surface area contributed by atoms with E-state index in [-0.39, 0.29) is 11.9 Å². The van der Waals surface area contributed by atoms with Gasteiger partial charge in [0, 0.05) is 18.2 Å². The van der Waals surface area contributed by atoms with E-state index in [9.17, 15) is 4.39 Å². The van der Waals surface area contributed by atoms with Crippen molar-refractivity contribution >= 4 is 0 Å². The third-order valence-electron chi connectivity index (χ3n) is 2.56. The van der Waals surface area contributed by atoms with Gasteiger partial charge in [0.25, 0.3) is 0 Å². The molecular formula is C12H15FN4. The zero-order valence-electron chi connectivity index (χ0n) is 9.89. The minimum absolute atomic E-state index is 0.183. The van der Waals surface area contributed by atoms with Crippen molar-refractivity contribution in [2.45, 2.75) is 26.4 Å². The molecule has 0 aliphatic carbocycles. The monoisotopic (exact) mass is 234 g/mol. The molecule has 0 radical (unpaired) electrons. The largest absolute Gasteiger partial charge is 0.325 e. The molecule has 90 valence electrons. The van der Waals surface area contributed by atoms with Crippen molar-refractivity contribution in [1.29, 1.82) is 0 Å². The first-order chi connectivity index (χ1) is 8.13. The smallest absolute Gasteiger partial charge is 0.123 e. The lowest BCUT2D eigenvalue weighted by molar-refractivity contribution is 0.519. The molecule has 0 amide bonds. The molecule has 5 heteroatoms. The summed E-state index contributed by atoms with van der Waals surface area (Å²) in [4.78, 5) is 0. The molecule has 1 aromatic heterocycles. The van der Waals surface area contributed by atoms with E-state index in [0.717, 1.165) is 17.0 Å². The molecule has 4 nitrogen and oxygen atoms in total. The molecule has 1 aromatic carbocycles. The fourth-order valence-electron chi connectivity index (χ4n) is 1.73. The van der Waals surface area contributed by atoms with Gasteiger partial charge < -0.3 is 5.73 Å². The van der Waals surface area contributed by atoms with Crippen LogP contribution in [0.4, 0.5) is 4.39 Å². The van der Waals surface area contributed by atoms with E-state index in [0.29, 0.717) is 6.54 Å². The van der Waals surface area contributed by atoms with Gasteiger partial charge in [0.2, 0.25) is 0 Å². The highest BCUT2D eigenvalue weighted by molar-refractivity contribution is 5.61. The second-order valence-corrected chi connectivity index (χ2v) is 4.13. The molecule has 0 saturated heterocycles. The van der Waals surface area contributed by atoms with Gasteiger partial charge in [0.1, 0.15) is 11.5 Å². The maximum atomic E-state index is 12.9. The van der Waals surface area contributed by atoms with E-state index in [4.69, 9.17) is 5.73 Å². The molecule has 0 fully saturated rings. The number of rotatable bonds is 3. The lowest BCUT2D eigenvalue weighted by Gasteiger charge is -2.10. The van der Waals surface area contributed by atoms with Crippen LogP contribution in [-0.4, -0.2) is 15.0 Å². The number of hydrogen-bond donors (Lipinski definition) is 1. The maximum absolute atomic E-state index is 12.9. The third-order valence-corrected chi connectivity index (χ3v) is 2.56. The Balaban J connectivity index is 2.55. The average molecular weight is 234 g/mol. The fraction of sp³-hybridized carbons (Fsp3) is 0.333. The van der Waals surface area contributed by atoms with E-state index >= 15 is 0 Å². The van der Waals surface area contributed by atoms with Gasteiger partial charge in [-0.05, 0) is 38.1 Å². The van der Waals surface area contributed by atoms with E-state index in [2.05, 4.69) is 10.3 Å². The number of nitrogens with two attached hydrogens (primary N) is 1. The van der Waals surface area contributed by atoms with Gasteiger partial charge in [-0.2, -0.15) is 0 Å². The molecule has 17 heavy (non-hydrogen) atoms. The zero-order chi connectivity index (χ0) is 12.4. The normalized spacial score (nSPS) is 11.1. The summed E-state index contributed by atoms with van der Waals surface area (Å²) in [5.74, 6) is -0.258. The van der Waals surface area contributed by atoms with Crippen LogP contribution >= 0.6 is 0 Å². The molecule has 0 bridgehead atoms. The van der Waals surface area contributed by atoms with Crippen LogP contribution in [-0.2, 0) is 6.54 Å². The van der Waals surface area contributed by atoms with Crippen LogP contribution < -0.4 is 5.73 Å². The first-order valence-electron chi connectivity index (χ1n) is 5.53. The minimum Gasteiger partial charge on any atom is -0.325 e. The third kappa shape index (κ3) is 2.19.